The maximum atomic E-state index is 6.13. The molecule has 0 aliphatic carbocycles. The highest BCUT2D eigenvalue weighted by Gasteiger charge is 2.23. The van der Waals surface area contributed by atoms with E-state index in [0.29, 0.717) is 12.6 Å². The zero-order chi connectivity index (χ0) is 20.9. The number of imidazole rings is 1. The van der Waals surface area contributed by atoms with Crippen LogP contribution >= 0.6 is 11.6 Å². The SMILES string of the molecule is CN=C(NCc1ccc(-n2ccnc2C)nc1)NC1CCN(c2cccc(Cl)c2)C1. The first-order valence-electron chi connectivity index (χ1n) is 10.1. The summed E-state index contributed by atoms with van der Waals surface area (Å²) in [6.45, 7) is 4.53. The van der Waals surface area contributed by atoms with Crippen molar-refractivity contribution in [2.45, 2.75) is 25.9 Å². The second kappa shape index (κ2) is 9.17. The summed E-state index contributed by atoms with van der Waals surface area (Å²) in [5, 5.41) is 7.67. The number of aliphatic imine (C=N–C) groups is 1. The van der Waals surface area contributed by atoms with Crippen LogP contribution in [0.4, 0.5) is 5.69 Å². The first-order valence-corrected chi connectivity index (χ1v) is 10.4. The number of benzene rings is 1. The van der Waals surface area contributed by atoms with Gasteiger partial charge in [0.05, 0.1) is 0 Å². The maximum absolute atomic E-state index is 6.13. The van der Waals surface area contributed by atoms with E-state index >= 15 is 0 Å². The number of nitrogens with zero attached hydrogens (tertiary/aromatic N) is 5. The maximum Gasteiger partial charge on any atom is 0.191 e. The first kappa shape index (κ1) is 20.2. The normalized spacial score (nSPS) is 16.7. The molecule has 1 atom stereocenters. The summed E-state index contributed by atoms with van der Waals surface area (Å²) in [7, 11) is 1.79. The van der Waals surface area contributed by atoms with Crippen LogP contribution in [0.25, 0.3) is 5.82 Å². The van der Waals surface area contributed by atoms with E-state index in [1.165, 1.54) is 0 Å². The van der Waals surface area contributed by atoms with E-state index in [-0.39, 0.29) is 0 Å². The fraction of sp³-hybridized carbons (Fsp3) is 0.318. The number of anilines is 1. The van der Waals surface area contributed by atoms with Gasteiger partial charge in [-0.2, -0.15) is 0 Å². The van der Waals surface area contributed by atoms with E-state index in [2.05, 4.69) is 42.6 Å². The van der Waals surface area contributed by atoms with Crippen LogP contribution < -0.4 is 15.5 Å². The highest BCUT2D eigenvalue weighted by molar-refractivity contribution is 6.30. The third kappa shape index (κ3) is 4.74. The number of rotatable bonds is 5. The van der Waals surface area contributed by atoms with Gasteiger partial charge in [0.15, 0.2) is 5.96 Å². The van der Waals surface area contributed by atoms with Gasteiger partial charge < -0.3 is 15.5 Å². The van der Waals surface area contributed by atoms with Crippen LogP contribution in [-0.2, 0) is 6.54 Å². The number of hydrogen-bond acceptors (Lipinski definition) is 4. The van der Waals surface area contributed by atoms with E-state index in [0.717, 1.165) is 53.4 Å². The molecule has 1 unspecified atom stereocenters. The lowest BCUT2D eigenvalue weighted by Crippen LogP contribution is -2.44. The molecule has 0 saturated carbocycles. The number of pyridine rings is 1. The van der Waals surface area contributed by atoms with Crippen molar-refractivity contribution in [3.8, 4) is 5.82 Å². The number of guanidine groups is 1. The van der Waals surface area contributed by atoms with Gasteiger partial charge in [-0.25, -0.2) is 9.97 Å². The summed E-state index contributed by atoms with van der Waals surface area (Å²) >= 11 is 6.13. The minimum atomic E-state index is 0.333. The van der Waals surface area contributed by atoms with Crippen LogP contribution in [0.15, 0.2) is 60.0 Å². The number of nitrogens with one attached hydrogen (secondary N) is 2. The predicted octanol–water partition coefficient (Wildman–Crippen LogP) is 3.17. The Hall–Kier alpha value is -3.06. The summed E-state index contributed by atoms with van der Waals surface area (Å²) < 4.78 is 1.96. The van der Waals surface area contributed by atoms with Crippen molar-refractivity contribution in [2.75, 3.05) is 25.0 Å². The van der Waals surface area contributed by atoms with Crippen molar-refractivity contribution in [2.24, 2.45) is 4.99 Å². The van der Waals surface area contributed by atoms with Crippen molar-refractivity contribution in [1.29, 1.82) is 0 Å². The first-order chi connectivity index (χ1) is 14.6. The highest BCUT2D eigenvalue weighted by atomic mass is 35.5. The molecule has 1 fully saturated rings. The molecule has 156 valence electrons. The van der Waals surface area contributed by atoms with Gasteiger partial charge in [0.1, 0.15) is 11.6 Å². The molecule has 0 radical (unpaired) electrons. The topological polar surface area (TPSA) is 70.4 Å². The van der Waals surface area contributed by atoms with Gasteiger partial charge in [-0.1, -0.05) is 23.7 Å². The molecule has 4 rings (SSSR count). The van der Waals surface area contributed by atoms with Gasteiger partial charge in [-0.3, -0.25) is 9.56 Å². The largest absolute Gasteiger partial charge is 0.369 e. The Balaban J connectivity index is 1.30. The van der Waals surface area contributed by atoms with Crippen molar-refractivity contribution in [1.82, 2.24) is 25.2 Å². The van der Waals surface area contributed by atoms with Gasteiger partial charge in [-0.15, -0.1) is 0 Å². The van der Waals surface area contributed by atoms with Crippen LogP contribution in [0.1, 0.15) is 17.8 Å². The Labute approximate surface area is 181 Å². The lowest BCUT2D eigenvalue weighted by Gasteiger charge is -2.20. The Morgan fingerprint density at radius 1 is 1.27 bits per heavy atom. The molecule has 1 aliphatic heterocycles. The Kier molecular flexibility index (Phi) is 6.18. The van der Waals surface area contributed by atoms with Crippen molar-refractivity contribution in [3.63, 3.8) is 0 Å². The lowest BCUT2D eigenvalue weighted by atomic mass is 10.2. The van der Waals surface area contributed by atoms with E-state index in [4.69, 9.17) is 11.6 Å². The van der Waals surface area contributed by atoms with E-state index in [9.17, 15) is 0 Å². The van der Waals surface area contributed by atoms with Crippen molar-refractivity contribution >= 4 is 23.2 Å². The van der Waals surface area contributed by atoms with Crippen LogP contribution in [0.5, 0.6) is 0 Å². The van der Waals surface area contributed by atoms with Crippen LogP contribution in [-0.4, -0.2) is 46.7 Å². The summed E-state index contributed by atoms with van der Waals surface area (Å²) in [6, 6.07) is 12.4. The molecule has 7 nitrogen and oxygen atoms in total. The van der Waals surface area contributed by atoms with Gasteiger partial charge in [-0.05, 0) is 43.2 Å². The zero-order valence-electron chi connectivity index (χ0n) is 17.2. The fourth-order valence-corrected chi connectivity index (χ4v) is 3.83. The van der Waals surface area contributed by atoms with Crippen LogP contribution in [0.2, 0.25) is 5.02 Å². The van der Waals surface area contributed by atoms with Crippen molar-refractivity contribution < 1.29 is 0 Å². The fourth-order valence-electron chi connectivity index (χ4n) is 3.64. The molecular weight excluding hydrogens is 398 g/mol. The Bertz CT molecular complexity index is 1010. The monoisotopic (exact) mass is 423 g/mol. The minimum Gasteiger partial charge on any atom is -0.369 e. The third-order valence-corrected chi connectivity index (χ3v) is 5.50. The molecular formula is C22H26ClN7. The smallest absolute Gasteiger partial charge is 0.191 e. The predicted molar refractivity (Wildman–Crippen MR) is 122 cm³/mol. The molecule has 8 heteroatoms. The molecule has 0 bridgehead atoms. The van der Waals surface area contributed by atoms with Gasteiger partial charge in [0.2, 0.25) is 0 Å². The van der Waals surface area contributed by atoms with Crippen molar-refractivity contribution in [3.05, 3.63) is 71.4 Å². The molecule has 2 aromatic heterocycles. The van der Waals surface area contributed by atoms with E-state index in [1.54, 1.807) is 13.2 Å². The zero-order valence-corrected chi connectivity index (χ0v) is 18.0. The molecule has 0 amide bonds. The summed E-state index contributed by atoms with van der Waals surface area (Å²) in [5.41, 5.74) is 2.25. The third-order valence-electron chi connectivity index (χ3n) is 5.27. The van der Waals surface area contributed by atoms with Crippen LogP contribution in [0.3, 0.4) is 0 Å². The molecule has 3 aromatic rings. The number of hydrogen-bond donors (Lipinski definition) is 2. The molecule has 0 spiro atoms. The number of halogens is 1. The van der Waals surface area contributed by atoms with Crippen LogP contribution in [0, 0.1) is 6.92 Å². The summed E-state index contributed by atoms with van der Waals surface area (Å²) in [5.74, 6) is 2.58. The summed E-state index contributed by atoms with van der Waals surface area (Å²) in [4.78, 5) is 15.5. The second-order valence-corrected chi connectivity index (χ2v) is 7.79. The minimum absolute atomic E-state index is 0.333. The molecule has 1 aromatic carbocycles. The molecule has 3 heterocycles. The molecule has 1 aliphatic rings. The Morgan fingerprint density at radius 2 is 2.17 bits per heavy atom. The van der Waals surface area contributed by atoms with Gasteiger partial charge >= 0.3 is 0 Å². The molecule has 30 heavy (non-hydrogen) atoms. The van der Waals surface area contributed by atoms with Gasteiger partial charge in [0, 0.05) is 62.0 Å². The molecule has 1 saturated heterocycles. The van der Waals surface area contributed by atoms with E-state index < -0.39 is 0 Å². The average molecular weight is 424 g/mol. The van der Waals surface area contributed by atoms with Gasteiger partial charge in [0.25, 0.3) is 0 Å². The highest BCUT2D eigenvalue weighted by Crippen LogP contribution is 2.23. The number of aromatic nitrogens is 3. The average Bonchev–Trinajstić information content (AvgIpc) is 3.40. The quantitative estimate of drug-likeness (QED) is 0.487. The number of aryl methyl sites for hydroxylation is 1. The standard InChI is InChI=1S/C22H26ClN7/c1-16-25-9-11-30(16)21-7-6-17(13-26-21)14-27-22(24-2)28-19-8-10-29(15-19)20-5-3-4-18(23)12-20/h3-7,9,11-13,19H,8,10,14-15H2,1-2H3,(H2,24,27,28). The Morgan fingerprint density at radius 3 is 2.87 bits per heavy atom. The molecule has 2 N–H and O–H groups in total. The van der Waals surface area contributed by atoms with E-state index in [1.807, 2.05) is 48.1 Å². The second-order valence-electron chi connectivity index (χ2n) is 7.35. The summed E-state index contributed by atoms with van der Waals surface area (Å²) in [6.07, 6.45) is 6.62. The lowest BCUT2D eigenvalue weighted by molar-refractivity contribution is 0.648.